The second-order valence-corrected chi connectivity index (χ2v) is 5.71. The second kappa shape index (κ2) is 5.70. The normalized spacial score (nSPS) is 19.2. The zero-order chi connectivity index (χ0) is 13.1. The van der Waals surface area contributed by atoms with Crippen LogP contribution in [0.25, 0.3) is 0 Å². The number of anilines is 1. The van der Waals surface area contributed by atoms with Gasteiger partial charge in [0.1, 0.15) is 4.99 Å². The number of nitrogens with two attached hydrogens (primary N) is 1. The summed E-state index contributed by atoms with van der Waals surface area (Å²) in [5.74, 6) is 0.828. The van der Waals surface area contributed by atoms with Gasteiger partial charge in [0.25, 0.3) is 0 Å². The van der Waals surface area contributed by atoms with Crippen LogP contribution in [0.15, 0.2) is 18.2 Å². The molecular formula is C15H22N2S. The van der Waals surface area contributed by atoms with Crippen LogP contribution in [-0.4, -0.2) is 18.1 Å². The minimum atomic E-state index is 0.504. The van der Waals surface area contributed by atoms with Crippen molar-refractivity contribution in [3.63, 3.8) is 0 Å². The van der Waals surface area contributed by atoms with Crippen molar-refractivity contribution >= 4 is 22.9 Å². The van der Waals surface area contributed by atoms with Crippen molar-refractivity contribution in [2.24, 2.45) is 11.7 Å². The fraction of sp³-hybridized carbons (Fsp3) is 0.533. The Kier molecular flexibility index (Phi) is 4.23. The Morgan fingerprint density at radius 3 is 2.94 bits per heavy atom. The third-order valence-electron chi connectivity index (χ3n) is 3.74. The first-order valence-electron chi connectivity index (χ1n) is 6.77. The SMILES string of the molecule is CCCC1CCN(c2cc(C)ccc2C(N)=S)C1. The minimum Gasteiger partial charge on any atom is -0.389 e. The molecular weight excluding hydrogens is 240 g/mol. The third-order valence-corrected chi connectivity index (χ3v) is 3.96. The van der Waals surface area contributed by atoms with Gasteiger partial charge in [-0.25, -0.2) is 0 Å². The Morgan fingerprint density at radius 2 is 2.28 bits per heavy atom. The van der Waals surface area contributed by atoms with E-state index in [9.17, 15) is 0 Å². The van der Waals surface area contributed by atoms with E-state index in [0.29, 0.717) is 4.99 Å². The summed E-state index contributed by atoms with van der Waals surface area (Å²) in [4.78, 5) is 2.95. The first-order chi connectivity index (χ1) is 8.61. The molecule has 1 saturated heterocycles. The van der Waals surface area contributed by atoms with Gasteiger partial charge in [-0.15, -0.1) is 0 Å². The molecule has 1 aliphatic rings. The molecule has 0 aromatic heterocycles. The van der Waals surface area contributed by atoms with Crippen LogP contribution in [0.2, 0.25) is 0 Å². The summed E-state index contributed by atoms with van der Waals surface area (Å²) in [5.41, 5.74) is 9.34. The quantitative estimate of drug-likeness (QED) is 0.845. The molecule has 2 nitrogen and oxygen atoms in total. The molecule has 0 aliphatic carbocycles. The van der Waals surface area contributed by atoms with Crippen molar-refractivity contribution < 1.29 is 0 Å². The molecule has 0 amide bonds. The van der Waals surface area contributed by atoms with Crippen LogP contribution in [0.5, 0.6) is 0 Å². The van der Waals surface area contributed by atoms with Crippen LogP contribution < -0.4 is 10.6 Å². The average Bonchev–Trinajstić information content (AvgIpc) is 2.77. The van der Waals surface area contributed by atoms with Crippen LogP contribution in [0.1, 0.15) is 37.3 Å². The number of hydrogen-bond donors (Lipinski definition) is 1. The van der Waals surface area contributed by atoms with Gasteiger partial charge in [-0.3, -0.25) is 0 Å². The van der Waals surface area contributed by atoms with E-state index in [4.69, 9.17) is 18.0 Å². The maximum atomic E-state index is 5.83. The highest BCUT2D eigenvalue weighted by Gasteiger charge is 2.24. The van der Waals surface area contributed by atoms with Crippen molar-refractivity contribution in [3.8, 4) is 0 Å². The highest BCUT2D eigenvalue weighted by molar-refractivity contribution is 7.80. The second-order valence-electron chi connectivity index (χ2n) is 5.27. The zero-order valence-corrected chi connectivity index (χ0v) is 12.1. The third kappa shape index (κ3) is 2.83. The molecule has 0 spiro atoms. The summed E-state index contributed by atoms with van der Waals surface area (Å²) in [6, 6.07) is 6.35. The monoisotopic (exact) mass is 262 g/mol. The van der Waals surface area contributed by atoms with E-state index in [1.807, 2.05) is 0 Å². The van der Waals surface area contributed by atoms with Crippen molar-refractivity contribution in [1.82, 2.24) is 0 Å². The lowest BCUT2D eigenvalue weighted by Crippen LogP contribution is -2.24. The predicted octanol–water partition coefficient (Wildman–Crippen LogP) is 3.26. The van der Waals surface area contributed by atoms with Crippen molar-refractivity contribution in [2.45, 2.75) is 33.1 Å². The van der Waals surface area contributed by atoms with Gasteiger partial charge in [0.15, 0.2) is 0 Å². The summed E-state index contributed by atoms with van der Waals surface area (Å²) >= 11 is 5.16. The molecule has 98 valence electrons. The van der Waals surface area contributed by atoms with E-state index >= 15 is 0 Å². The van der Waals surface area contributed by atoms with Crippen molar-refractivity contribution in [2.75, 3.05) is 18.0 Å². The highest BCUT2D eigenvalue weighted by atomic mass is 32.1. The summed E-state index contributed by atoms with van der Waals surface area (Å²) in [5, 5.41) is 0. The van der Waals surface area contributed by atoms with Gasteiger partial charge < -0.3 is 10.6 Å². The molecule has 2 N–H and O–H groups in total. The number of aryl methyl sites for hydroxylation is 1. The number of benzene rings is 1. The molecule has 18 heavy (non-hydrogen) atoms. The lowest BCUT2D eigenvalue weighted by atomic mass is 10.0. The Morgan fingerprint density at radius 1 is 1.50 bits per heavy atom. The van der Waals surface area contributed by atoms with Crippen LogP contribution in [0, 0.1) is 12.8 Å². The lowest BCUT2D eigenvalue weighted by molar-refractivity contribution is 0.530. The Labute approximate surface area is 115 Å². The van der Waals surface area contributed by atoms with Gasteiger partial charge in [0.05, 0.1) is 0 Å². The molecule has 1 atom stereocenters. The first-order valence-corrected chi connectivity index (χ1v) is 7.18. The van der Waals surface area contributed by atoms with E-state index in [1.54, 1.807) is 0 Å². The summed E-state index contributed by atoms with van der Waals surface area (Å²) in [7, 11) is 0. The van der Waals surface area contributed by atoms with Gasteiger partial charge in [-0.2, -0.15) is 0 Å². The minimum absolute atomic E-state index is 0.504. The fourth-order valence-corrected chi connectivity index (χ4v) is 2.98. The van der Waals surface area contributed by atoms with E-state index < -0.39 is 0 Å². The number of thiocarbonyl (C=S) groups is 1. The van der Waals surface area contributed by atoms with Gasteiger partial charge in [-0.05, 0) is 43.4 Å². The van der Waals surface area contributed by atoms with Gasteiger partial charge in [-0.1, -0.05) is 31.6 Å². The molecule has 3 heteroatoms. The van der Waals surface area contributed by atoms with E-state index in [-0.39, 0.29) is 0 Å². The maximum Gasteiger partial charge on any atom is 0.106 e. The summed E-state index contributed by atoms with van der Waals surface area (Å²) in [6.45, 7) is 6.65. The van der Waals surface area contributed by atoms with Gasteiger partial charge in [0.2, 0.25) is 0 Å². The maximum absolute atomic E-state index is 5.83. The van der Waals surface area contributed by atoms with E-state index in [0.717, 1.165) is 24.6 Å². The molecule has 1 heterocycles. The molecule has 0 bridgehead atoms. The standard InChI is InChI=1S/C15H22N2S/c1-3-4-12-7-8-17(10-12)14-9-11(2)5-6-13(14)15(16)18/h5-6,9,12H,3-4,7-8,10H2,1-2H3,(H2,16,18). The average molecular weight is 262 g/mol. The fourth-order valence-electron chi connectivity index (χ4n) is 2.81. The molecule has 2 rings (SSSR count). The van der Waals surface area contributed by atoms with Gasteiger partial charge >= 0.3 is 0 Å². The number of nitrogens with zero attached hydrogens (tertiary/aromatic N) is 1. The molecule has 1 fully saturated rings. The molecule has 0 saturated carbocycles. The van der Waals surface area contributed by atoms with Crippen LogP contribution in [0.4, 0.5) is 5.69 Å². The topological polar surface area (TPSA) is 29.3 Å². The molecule has 0 radical (unpaired) electrons. The zero-order valence-electron chi connectivity index (χ0n) is 11.3. The van der Waals surface area contributed by atoms with E-state index in [2.05, 4.69) is 36.9 Å². The molecule has 1 aliphatic heterocycles. The van der Waals surface area contributed by atoms with Crippen molar-refractivity contribution in [3.05, 3.63) is 29.3 Å². The first kappa shape index (κ1) is 13.3. The Bertz CT molecular complexity index is 442. The largest absolute Gasteiger partial charge is 0.389 e. The molecule has 1 aromatic rings. The molecule has 1 unspecified atom stereocenters. The summed E-state index contributed by atoms with van der Waals surface area (Å²) < 4.78 is 0. The smallest absolute Gasteiger partial charge is 0.106 e. The van der Waals surface area contributed by atoms with Gasteiger partial charge in [0, 0.05) is 24.3 Å². The van der Waals surface area contributed by atoms with E-state index in [1.165, 1.54) is 30.5 Å². The summed E-state index contributed by atoms with van der Waals surface area (Å²) in [6.07, 6.45) is 3.89. The highest BCUT2D eigenvalue weighted by Crippen LogP contribution is 2.29. The Hall–Kier alpha value is -1.09. The molecule has 1 aromatic carbocycles. The predicted molar refractivity (Wildman–Crippen MR) is 82.3 cm³/mol. The van der Waals surface area contributed by atoms with Crippen LogP contribution in [0.3, 0.4) is 0 Å². The van der Waals surface area contributed by atoms with Crippen LogP contribution in [-0.2, 0) is 0 Å². The van der Waals surface area contributed by atoms with Crippen molar-refractivity contribution in [1.29, 1.82) is 0 Å². The number of hydrogen-bond acceptors (Lipinski definition) is 2. The number of rotatable bonds is 4. The Balaban J connectivity index is 2.23. The van der Waals surface area contributed by atoms with Crippen LogP contribution >= 0.6 is 12.2 Å². The lowest BCUT2D eigenvalue weighted by Gasteiger charge is -2.22.